The molecule has 2 heterocycles. The van der Waals surface area contributed by atoms with Crippen LogP contribution < -0.4 is 19.7 Å². The van der Waals surface area contributed by atoms with Gasteiger partial charge < -0.3 is 29.3 Å². The van der Waals surface area contributed by atoms with E-state index < -0.39 is 0 Å². The van der Waals surface area contributed by atoms with Gasteiger partial charge in [-0.15, -0.1) is 17.0 Å². The summed E-state index contributed by atoms with van der Waals surface area (Å²) >= 11 is 0. The van der Waals surface area contributed by atoms with Gasteiger partial charge >= 0.3 is 5.97 Å². The van der Waals surface area contributed by atoms with Gasteiger partial charge in [0.2, 0.25) is 0 Å². The zero-order chi connectivity index (χ0) is 28.5. The summed E-state index contributed by atoms with van der Waals surface area (Å²) in [7, 11) is 2.89. The predicted molar refractivity (Wildman–Crippen MR) is 158 cm³/mol. The number of ketones is 1. The molecule has 216 valence electrons. The SMILES string of the molecule is Br.CCOc1cc2c(cc1C(=O)NC)C(=N)N(CC(=O)c1cc3c(c(C(C)(C)C)c1)OCCN3CC(=O)OC)C2. The van der Waals surface area contributed by atoms with Crippen LogP contribution in [-0.2, 0) is 21.5 Å². The first-order chi connectivity index (χ1) is 18.5. The Kier molecular flexibility index (Phi) is 9.50. The molecule has 2 aromatic carbocycles. The normalized spacial score (nSPS) is 14.0. The highest BCUT2D eigenvalue weighted by atomic mass is 79.9. The number of fused-ring (bicyclic) bond motifs is 2. The van der Waals surface area contributed by atoms with Crippen molar-refractivity contribution in [3.05, 3.63) is 52.1 Å². The Morgan fingerprint density at radius 3 is 2.45 bits per heavy atom. The van der Waals surface area contributed by atoms with E-state index in [1.807, 2.05) is 38.7 Å². The molecule has 0 spiro atoms. The Balaban J connectivity index is 0.00000441. The molecular weight excluding hydrogens is 580 g/mol. The molecule has 0 unspecified atom stereocenters. The molecule has 10 nitrogen and oxygen atoms in total. The van der Waals surface area contributed by atoms with E-state index in [-0.39, 0.29) is 59.0 Å². The number of nitrogens with zero attached hydrogens (tertiary/aromatic N) is 2. The number of hydrogen-bond donors (Lipinski definition) is 2. The Morgan fingerprint density at radius 1 is 1.10 bits per heavy atom. The molecule has 0 saturated heterocycles. The summed E-state index contributed by atoms with van der Waals surface area (Å²) < 4.78 is 16.6. The summed E-state index contributed by atoms with van der Waals surface area (Å²) in [5, 5.41) is 11.4. The van der Waals surface area contributed by atoms with E-state index in [1.54, 1.807) is 30.1 Å². The molecule has 0 atom stereocenters. The van der Waals surface area contributed by atoms with E-state index in [0.29, 0.717) is 60.2 Å². The van der Waals surface area contributed by atoms with Crippen LogP contribution in [-0.4, -0.2) is 75.4 Å². The maximum Gasteiger partial charge on any atom is 0.325 e. The van der Waals surface area contributed by atoms with Crippen LogP contribution in [0.25, 0.3) is 0 Å². The van der Waals surface area contributed by atoms with E-state index in [4.69, 9.17) is 19.6 Å². The van der Waals surface area contributed by atoms with Gasteiger partial charge in [0, 0.05) is 30.3 Å². The second-order valence-electron chi connectivity index (χ2n) is 10.6. The van der Waals surface area contributed by atoms with Crippen LogP contribution in [0.1, 0.15) is 65.1 Å². The minimum atomic E-state index is -0.372. The van der Waals surface area contributed by atoms with Crippen molar-refractivity contribution in [3.8, 4) is 11.5 Å². The number of carbonyl (C=O) groups excluding carboxylic acids is 3. The minimum Gasteiger partial charge on any atom is -0.493 e. The van der Waals surface area contributed by atoms with Gasteiger partial charge in [-0.3, -0.25) is 19.8 Å². The van der Waals surface area contributed by atoms with Gasteiger partial charge in [-0.25, -0.2) is 0 Å². The van der Waals surface area contributed by atoms with Gasteiger partial charge in [-0.1, -0.05) is 20.8 Å². The van der Waals surface area contributed by atoms with E-state index >= 15 is 0 Å². The number of anilines is 1. The second kappa shape index (κ2) is 12.3. The molecule has 2 N–H and O–H groups in total. The second-order valence-corrected chi connectivity index (χ2v) is 10.6. The maximum atomic E-state index is 13.7. The summed E-state index contributed by atoms with van der Waals surface area (Å²) in [6.45, 7) is 9.68. The molecule has 0 aliphatic carbocycles. The maximum absolute atomic E-state index is 13.7. The fourth-order valence-corrected chi connectivity index (χ4v) is 4.90. The predicted octanol–water partition coefficient (Wildman–Crippen LogP) is 3.72. The lowest BCUT2D eigenvalue weighted by molar-refractivity contribution is -0.139. The quantitative estimate of drug-likeness (QED) is 0.340. The smallest absolute Gasteiger partial charge is 0.325 e. The lowest BCUT2D eigenvalue weighted by Crippen LogP contribution is -2.38. The molecule has 0 fully saturated rings. The number of nitrogens with one attached hydrogen (secondary N) is 2. The number of carbonyl (C=O) groups is 3. The average molecular weight is 618 g/mol. The Hall–Kier alpha value is -3.60. The molecule has 2 aliphatic rings. The van der Waals surface area contributed by atoms with Crippen LogP contribution in [0.15, 0.2) is 24.3 Å². The van der Waals surface area contributed by atoms with Gasteiger partial charge in [0.15, 0.2) is 5.78 Å². The number of esters is 1. The third-order valence-corrected chi connectivity index (χ3v) is 6.94. The van der Waals surface area contributed by atoms with Crippen LogP contribution >= 0.6 is 17.0 Å². The average Bonchev–Trinajstić information content (AvgIpc) is 3.20. The Morgan fingerprint density at radius 2 is 1.82 bits per heavy atom. The van der Waals surface area contributed by atoms with Crippen molar-refractivity contribution >= 4 is 46.2 Å². The fourth-order valence-electron chi connectivity index (χ4n) is 4.90. The van der Waals surface area contributed by atoms with Crippen LogP contribution in [0, 0.1) is 5.41 Å². The van der Waals surface area contributed by atoms with Crippen molar-refractivity contribution in [2.24, 2.45) is 0 Å². The van der Waals surface area contributed by atoms with E-state index in [0.717, 1.165) is 11.1 Å². The highest BCUT2D eigenvalue weighted by Crippen LogP contribution is 2.42. The number of halogens is 1. The first-order valence-electron chi connectivity index (χ1n) is 13.0. The first kappa shape index (κ1) is 30.9. The van der Waals surface area contributed by atoms with Crippen molar-refractivity contribution in [3.63, 3.8) is 0 Å². The molecule has 2 aliphatic heterocycles. The third kappa shape index (κ3) is 6.09. The van der Waals surface area contributed by atoms with Crippen LogP contribution in [0.4, 0.5) is 5.69 Å². The van der Waals surface area contributed by atoms with E-state index in [9.17, 15) is 14.4 Å². The lowest BCUT2D eigenvalue weighted by atomic mass is 9.84. The van der Waals surface area contributed by atoms with Gasteiger partial charge in [0.25, 0.3) is 5.91 Å². The molecular formula is C29H37BrN4O6. The molecule has 1 amide bonds. The molecule has 0 radical (unpaired) electrons. The highest BCUT2D eigenvalue weighted by Gasteiger charge is 2.32. The van der Waals surface area contributed by atoms with Gasteiger partial charge in [-0.2, -0.15) is 0 Å². The monoisotopic (exact) mass is 616 g/mol. The zero-order valence-corrected chi connectivity index (χ0v) is 25.5. The number of rotatable bonds is 8. The Labute approximate surface area is 245 Å². The number of amidine groups is 1. The summed E-state index contributed by atoms with van der Waals surface area (Å²) in [6.07, 6.45) is 0. The summed E-state index contributed by atoms with van der Waals surface area (Å²) in [5.74, 6) is 0.457. The lowest BCUT2D eigenvalue weighted by Gasteiger charge is -2.35. The number of benzene rings is 2. The number of ether oxygens (including phenoxy) is 3. The van der Waals surface area contributed by atoms with E-state index in [1.165, 1.54) is 7.11 Å². The number of hydrogen-bond acceptors (Lipinski definition) is 8. The minimum absolute atomic E-state index is 0. The fraction of sp³-hybridized carbons (Fsp3) is 0.448. The standard InChI is InChI=1S/C29H36N4O6.BrH/c1-7-38-24-12-18-14-33(27(30)19(18)13-20(24)28(36)31-5)15-23(34)17-10-21(29(2,3)4)26-22(11-17)32(8-9-39-26)16-25(35)37-6;/h10-13,30H,7-9,14-16H2,1-6H3,(H,31,36);1H. The topological polar surface area (TPSA) is 121 Å². The molecule has 0 bridgehead atoms. The number of methoxy groups -OCH3 is 1. The summed E-state index contributed by atoms with van der Waals surface area (Å²) in [6, 6.07) is 7.05. The molecule has 2 aromatic rings. The van der Waals surface area contributed by atoms with Crippen LogP contribution in [0.5, 0.6) is 11.5 Å². The molecule has 11 heteroatoms. The van der Waals surface area contributed by atoms with Crippen molar-refractivity contribution in [1.29, 1.82) is 5.41 Å². The number of Topliss-reactive ketones (excluding diaryl/α,β-unsaturated/α-hetero) is 1. The molecule has 0 aromatic heterocycles. The van der Waals surface area contributed by atoms with Crippen molar-refractivity contribution in [1.82, 2.24) is 10.2 Å². The molecule has 4 rings (SSSR count). The largest absolute Gasteiger partial charge is 0.493 e. The summed E-state index contributed by atoms with van der Waals surface area (Å²) in [5.41, 5.74) is 3.48. The van der Waals surface area contributed by atoms with Crippen molar-refractivity contribution in [2.75, 3.05) is 51.9 Å². The van der Waals surface area contributed by atoms with Crippen molar-refractivity contribution in [2.45, 2.75) is 39.7 Å². The first-order valence-corrected chi connectivity index (χ1v) is 13.0. The zero-order valence-electron chi connectivity index (χ0n) is 23.8. The number of amides is 1. The van der Waals surface area contributed by atoms with Gasteiger partial charge in [0.05, 0.1) is 38.1 Å². The highest BCUT2D eigenvalue weighted by molar-refractivity contribution is 8.93. The van der Waals surface area contributed by atoms with Crippen LogP contribution in [0.2, 0.25) is 0 Å². The van der Waals surface area contributed by atoms with Gasteiger partial charge in [-0.05, 0) is 42.2 Å². The van der Waals surface area contributed by atoms with Crippen molar-refractivity contribution < 1.29 is 28.6 Å². The third-order valence-electron chi connectivity index (χ3n) is 6.94. The summed E-state index contributed by atoms with van der Waals surface area (Å²) in [4.78, 5) is 41.7. The van der Waals surface area contributed by atoms with E-state index in [2.05, 4.69) is 5.32 Å². The molecule has 0 saturated carbocycles. The molecule has 40 heavy (non-hydrogen) atoms. The Bertz CT molecular complexity index is 1340. The van der Waals surface area contributed by atoms with Crippen LogP contribution in [0.3, 0.4) is 0 Å². The van der Waals surface area contributed by atoms with Gasteiger partial charge in [0.1, 0.15) is 30.5 Å².